The Morgan fingerprint density at radius 3 is 2.59 bits per heavy atom. The molecule has 1 fully saturated rings. The van der Waals surface area contributed by atoms with Crippen LogP contribution >= 0.6 is 0 Å². The van der Waals surface area contributed by atoms with Crippen LogP contribution in [-0.2, 0) is 17.5 Å². The van der Waals surface area contributed by atoms with Gasteiger partial charge in [0.1, 0.15) is 5.60 Å². The molecule has 0 aliphatic carbocycles. The number of likely N-dealkylation sites (tertiary alicyclic amines) is 1. The summed E-state index contributed by atoms with van der Waals surface area (Å²) in [6, 6.07) is 2.67. The van der Waals surface area contributed by atoms with Crippen LogP contribution in [0, 0.1) is 0 Å². The lowest BCUT2D eigenvalue weighted by Crippen LogP contribution is -2.42. The lowest BCUT2D eigenvalue weighted by molar-refractivity contribution is -0.138. The average Bonchev–Trinajstić information content (AvgIpc) is 2.93. The van der Waals surface area contributed by atoms with E-state index in [4.69, 9.17) is 4.74 Å². The number of halogens is 3. The third-order valence-corrected chi connectivity index (χ3v) is 4.79. The van der Waals surface area contributed by atoms with Crippen molar-refractivity contribution in [3.05, 3.63) is 34.4 Å². The molecule has 3 rings (SSSR count). The molecule has 2 amide bonds. The minimum absolute atomic E-state index is 0.00365. The van der Waals surface area contributed by atoms with Crippen LogP contribution < -0.4 is 5.32 Å². The molecule has 0 spiro atoms. The van der Waals surface area contributed by atoms with Crippen LogP contribution in [0.1, 0.15) is 66.6 Å². The van der Waals surface area contributed by atoms with E-state index in [0.717, 1.165) is 6.07 Å². The highest BCUT2D eigenvalue weighted by Crippen LogP contribution is 2.39. The Morgan fingerprint density at radius 2 is 1.96 bits per heavy atom. The normalized spacial score (nSPS) is 20.3. The number of carbonyl (C=O) groups is 2. The van der Waals surface area contributed by atoms with Gasteiger partial charge in [0.2, 0.25) is 0 Å². The van der Waals surface area contributed by atoms with Gasteiger partial charge in [0.15, 0.2) is 0 Å². The Kier molecular flexibility index (Phi) is 4.86. The van der Waals surface area contributed by atoms with Crippen molar-refractivity contribution in [1.82, 2.24) is 10.2 Å². The summed E-state index contributed by atoms with van der Waals surface area (Å²) >= 11 is 0. The highest BCUT2D eigenvalue weighted by Gasteiger charge is 2.39. The average molecular weight is 384 g/mol. The van der Waals surface area contributed by atoms with E-state index in [-0.39, 0.29) is 30.1 Å². The molecule has 0 saturated carbocycles. The van der Waals surface area contributed by atoms with Gasteiger partial charge in [-0.2, -0.15) is 13.2 Å². The van der Waals surface area contributed by atoms with Crippen LogP contribution in [0.5, 0.6) is 0 Å². The quantitative estimate of drug-likeness (QED) is 0.794. The van der Waals surface area contributed by atoms with E-state index in [1.165, 1.54) is 11.0 Å². The molecule has 0 radical (unpaired) electrons. The van der Waals surface area contributed by atoms with Crippen molar-refractivity contribution in [3.8, 4) is 0 Å². The van der Waals surface area contributed by atoms with Crippen LogP contribution in [0.4, 0.5) is 18.0 Å². The first-order valence-electron chi connectivity index (χ1n) is 8.96. The first-order chi connectivity index (χ1) is 12.5. The number of nitrogens with one attached hydrogen (secondary N) is 1. The molecule has 1 aromatic carbocycles. The number of nitrogens with zero attached hydrogens (tertiary/aromatic N) is 1. The zero-order valence-electron chi connectivity index (χ0n) is 15.6. The van der Waals surface area contributed by atoms with Crippen molar-refractivity contribution in [2.45, 2.75) is 57.9 Å². The van der Waals surface area contributed by atoms with E-state index in [9.17, 15) is 22.8 Å². The number of carbonyl (C=O) groups excluding carboxylic acids is 2. The Bertz CT molecular complexity index is 769. The summed E-state index contributed by atoms with van der Waals surface area (Å²) in [6.45, 7) is 5.96. The summed E-state index contributed by atoms with van der Waals surface area (Å²) in [4.78, 5) is 25.8. The van der Waals surface area contributed by atoms with Crippen LogP contribution in [0.15, 0.2) is 12.1 Å². The molecule has 1 atom stereocenters. The third-order valence-electron chi connectivity index (χ3n) is 4.79. The molecule has 5 nitrogen and oxygen atoms in total. The summed E-state index contributed by atoms with van der Waals surface area (Å²) in [5.74, 6) is -0.761. The number of hydrogen-bond acceptors (Lipinski definition) is 3. The fraction of sp³-hybridized carbons (Fsp3) is 0.579. The lowest BCUT2D eigenvalue weighted by Gasteiger charge is -2.34. The fourth-order valence-corrected chi connectivity index (χ4v) is 3.58. The van der Waals surface area contributed by atoms with Gasteiger partial charge in [0.05, 0.1) is 5.56 Å². The topological polar surface area (TPSA) is 58.6 Å². The lowest BCUT2D eigenvalue weighted by atomic mass is 9.87. The van der Waals surface area contributed by atoms with Crippen LogP contribution in [-0.4, -0.2) is 35.6 Å². The summed E-state index contributed by atoms with van der Waals surface area (Å²) < 4.78 is 45.8. The maximum Gasteiger partial charge on any atom is 0.416 e. The van der Waals surface area contributed by atoms with Gasteiger partial charge < -0.3 is 15.0 Å². The number of hydrogen-bond donors (Lipinski definition) is 1. The number of ether oxygens (including phenoxy) is 1. The first-order valence-corrected chi connectivity index (χ1v) is 8.96. The number of amides is 2. The minimum Gasteiger partial charge on any atom is -0.444 e. The molecule has 2 aliphatic rings. The molecule has 0 bridgehead atoms. The van der Waals surface area contributed by atoms with E-state index in [1.807, 2.05) is 0 Å². The predicted molar refractivity (Wildman–Crippen MR) is 92.4 cm³/mol. The van der Waals surface area contributed by atoms with Gasteiger partial charge in [-0.1, -0.05) is 0 Å². The van der Waals surface area contributed by atoms with Crippen LogP contribution in [0.25, 0.3) is 0 Å². The SMILES string of the molecule is CC(C)(C)OC(=O)N1CCC[C@@H](c2cc3c(c(C(F)(F)F)c2)CNC3=O)C1. The fourth-order valence-electron chi connectivity index (χ4n) is 3.58. The van der Waals surface area contributed by atoms with Gasteiger partial charge in [-0.3, -0.25) is 4.79 Å². The maximum atomic E-state index is 13.5. The van der Waals surface area contributed by atoms with Crippen molar-refractivity contribution in [1.29, 1.82) is 0 Å². The summed E-state index contributed by atoms with van der Waals surface area (Å²) in [5.41, 5.74) is -0.904. The van der Waals surface area contributed by atoms with Crippen LogP contribution in [0.2, 0.25) is 0 Å². The van der Waals surface area contributed by atoms with Crippen molar-refractivity contribution < 1.29 is 27.5 Å². The smallest absolute Gasteiger partial charge is 0.416 e. The first kappa shape index (κ1) is 19.5. The highest BCUT2D eigenvalue weighted by molar-refractivity contribution is 5.99. The molecule has 1 aromatic rings. The number of rotatable bonds is 1. The number of piperidine rings is 1. The molecule has 1 saturated heterocycles. The van der Waals surface area contributed by atoms with Crippen molar-refractivity contribution in [2.24, 2.45) is 0 Å². The monoisotopic (exact) mass is 384 g/mol. The van der Waals surface area contributed by atoms with E-state index in [0.29, 0.717) is 24.9 Å². The molecular weight excluding hydrogens is 361 g/mol. The summed E-state index contributed by atoms with van der Waals surface area (Å²) in [7, 11) is 0. The molecule has 148 valence electrons. The molecular formula is C19H23F3N2O3. The molecule has 2 heterocycles. The predicted octanol–water partition coefficient (Wildman–Crippen LogP) is 4.06. The Labute approximate surface area is 155 Å². The van der Waals surface area contributed by atoms with Crippen molar-refractivity contribution >= 4 is 12.0 Å². The second-order valence-corrected chi connectivity index (χ2v) is 8.04. The van der Waals surface area contributed by atoms with Gasteiger partial charge in [0, 0.05) is 31.1 Å². The Hall–Kier alpha value is -2.25. The van der Waals surface area contributed by atoms with E-state index in [1.54, 1.807) is 20.8 Å². The number of alkyl halides is 3. The molecule has 27 heavy (non-hydrogen) atoms. The number of fused-ring (bicyclic) bond motifs is 1. The second kappa shape index (κ2) is 6.73. The minimum atomic E-state index is -4.54. The van der Waals surface area contributed by atoms with Gasteiger partial charge >= 0.3 is 12.3 Å². The largest absolute Gasteiger partial charge is 0.444 e. The summed E-state index contributed by atoms with van der Waals surface area (Å²) in [6.07, 6.45) is -3.69. The Morgan fingerprint density at radius 1 is 1.26 bits per heavy atom. The van der Waals surface area contributed by atoms with Crippen molar-refractivity contribution in [3.63, 3.8) is 0 Å². The zero-order valence-corrected chi connectivity index (χ0v) is 15.6. The highest BCUT2D eigenvalue weighted by atomic mass is 19.4. The maximum absolute atomic E-state index is 13.5. The van der Waals surface area contributed by atoms with Crippen LogP contribution in [0.3, 0.4) is 0 Å². The second-order valence-electron chi connectivity index (χ2n) is 8.04. The van der Waals surface area contributed by atoms with E-state index < -0.39 is 29.3 Å². The van der Waals surface area contributed by atoms with E-state index >= 15 is 0 Å². The third kappa shape index (κ3) is 4.20. The Balaban J connectivity index is 1.89. The molecule has 1 N–H and O–H groups in total. The standard InChI is InChI=1S/C19H23F3N2O3/c1-18(2,3)27-17(26)24-6-4-5-11(10-24)12-7-13-14(9-23-16(13)25)15(8-12)19(20,21)22/h7-8,11H,4-6,9-10H2,1-3H3,(H,23,25)/t11-/m1/s1. The van der Waals surface area contributed by atoms with Gasteiger partial charge in [-0.15, -0.1) is 0 Å². The van der Waals surface area contributed by atoms with Crippen molar-refractivity contribution in [2.75, 3.05) is 13.1 Å². The zero-order chi connectivity index (χ0) is 20.0. The van der Waals surface area contributed by atoms with Gasteiger partial charge in [-0.05, 0) is 56.9 Å². The van der Waals surface area contributed by atoms with Gasteiger partial charge in [-0.25, -0.2) is 4.79 Å². The molecule has 8 heteroatoms. The molecule has 0 unspecified atom stereocenters. The number of benzene rings is 1. The molecule has 2 aliphatic heterocycles. The summed E-state index contributed by atoms with van der Waals surface area (Å²) in [5, 5.41) is 2.46. The molecule has 0 aromatic heterocycles. The van der Waals surface area contributed by atoms with E-state index in [2.05, 4.69) is 5.32 Å². The van der Waals surface area contributed by atoms with Gasteiger partial charge in [0.25, 0.3) is 5.91 Å².